The van der Waals surface area contributed by atoms with Crippen LogP contribution in [-0.2, 0) is 26.0 Å². The summed E-state index contributed by atoms with van der Waals surface area (Å²) >= 11 is 0. The number of anilines is 1. The molecule has 1 N–H and O–H groups in total. The van der Waals surface area contributed by atoms with Gasteiger partial charge in [0.25, 0.3) is 0 Å². The van der Waals surface area contributed by atoms with E-state index in [4.69, 9.17) is 0 Å². The molecule has 1 atom stereocenters. The average molecular weight is 500 g/mol. The van der Waals surface area contributed by atoms with Gasteiger partial charge in [0.1, 0.15) is 12.6 Å². The molecule has 190 valence electrons. The van der Waals surface area contributed by atoms with E-state index in [1.165, 1.54) is 4.90 Å². The Labute approximate surface area is 209 Å². The fourth-order valence-corrected chi connectivity index (χ4v) is 5.46. The van der Waals surface area contributed by atoms with Crippen molar-refractivity contribution in [2.45, 2.75) is 65.0 Å². The summed E-state index contributed by atoms with van der Waals surface area (Å²) in [4.78, 5) is 28.2. The van der Waals surface area contributed by atoms with Gasteiger partial charge < -0.3 is 10.2 Å². The zero-order valence-electron chi connectivity index (χ0n) is 21.2. The molecule has 0 aliphatic heterocycles. The summed E-state index contributed by atoms with van der Waals surface area (Å²) in [5, 5.41) is 3.08. The van der Waals surface area contributed by atoms with Crippen LogP contribution in [-0.4, -0.2) is 56.6 Å². The molecular formula is C27H37N3O4S. The fraction of sp³-hybridized carbons (Fsp3) is 0.481. The molecule has 1 unspecified atom stereocenters. The Morgan fingerprint density at radius 3 is 2.31 bits per heavy atom. The quantitative estimate of drug-likeness (QED) is 0.541. The smallest absolute Gasteiger partial charge is 0.244 e. The van der Waals surface area contributed by atoms with Crippen LogP contribution < -0.4 is 9.62 Å². The van der Waals surface area contributed by atoms with Crippen LogP contribution in [0.4, 0.5) is 5.69 Å². The molecule has 0 saturated heterocycles. The summed E-state index contributed by atoms with van der Waals surface area (Å²) in [5.41, 5.74) is 3.26. The number of rotatable bonds is 10. The van der Waals surface area contributed by atoms with Crippen molar-refractivity contribution in [1.82, 2.24) is 10.2 Å². The van der Waals surface area contributed by atoms with Gasteiger partial charge in [-0.2, -0.15) is 0 Å². The fourth-order valence-electron chi connectivity index (χ4n) is 4.56. The third-order valence-corrected chi connectivity index (χ3v) is 8.00. The third kappa shape index (κ3) is 7.07. The Bertz CT molecular complexity index is 1130. The summed E-state index contributed by atoms with van der Waals surface area (Å²) in [7, 11) is -3.73. The van der Waals surface area contributed by atoms with Gasteiger partial charge in [0, 0.05) is 12.6 Å². The molecule has 0 heterocycles. The molecule has 35 heavy (non-hydrogen) atoms. The largest absolute Gasteiger partial charge is 0.352 e. The SMILES string of the molecule is Cc1cccc(N(CC(=O)N(CCc2ccccc2)C(C)C(=O)NC2CCCC2)S(C)(=O)=O)c1C. The van der Waals surface area contributed by atoms with Crippen molar-refractivity contribution >= 4 is 27.5 Å². The van der Waals surface area contributed by atoms with Crippen molar-refractivity contribution in [1.29, 1.82) is 0 Å². The number of hydrogen-bond donors (Lipinski definition) is 1. The molecule has 1 aliphatic rings. The first-order valence-corrected chi connectivity index (χ1v) is 14.1. The highest BCUT2D eigenvalue weighted by Gasteiger charge is 2.31. The highest BCUT2D eigenvalue weighted by molar-refractivity contribution is 7.92. The summed E-state index contributed by atoms with van der Waals surface area (Å²) in [6, 6.07) is 14.6. The number of aryl methyl sites for hydroxylation is 1. The normalized spacial score (nSPS) is 15.0. The molecule has 0 radical (unpaired) electrons. The van der Waals surface area contributed by atoms with E-state index in [-0.39, 0.29) is 18.5 Å². The number of nitrogens with zero attached hydrogens (tertiary/aromatic N) is 2. The van der Waals surface area contributed by atoms with Gasteiger partial charge in [0.15, 0.2) is 0 Å². The molecule has 0 bridgehead atoms. The van der Waals surface area contributed by atoms with E-state index < -0.39 is 22.0 Å². The van der Waals surface area contributed by atoms with Gasteiger partial charge in [-0.25, -0.2) is 8.42 Å². The van der Waals surface area contributed by atoms with Crippen molar-refractivity contribution in [3.63, 3.8) is 0 Å². The number of sulfonamides is 1. The molecule has 0 aromatic heterocycles. The van der Waals surface area contributed by atoms with Gasteiger partial charge in [-0.1, -0.05) is 55.3 Å². The Kier molecular flexibility index (Phi) is 8.94. The van der Waals surface area contributed by atoms with Crippen molar-refractivity contribution in [2.24, 2.45) is 0 Å². The molecule has 1 fully saturated rings. The van der Waals surface area contributed by atoms with Crippen LogP contribution >= 0.6 is 0 Å². The minimum atomic E-state index is -3.73. The monoisotopic (exact) mass is 499 g/mol. The van der Waals surface area contributed by atoms with Crippen molar-refractivity contribution < 1.29 is 18.0 Å². The van der Waals surface area contributed by atoms with Gasteiger partial charge >= 0.3 is 0 Å². The van der Waals surface area contributed by atoms with Gasteiger partial charge in [0.05, 0.1) is 11.9 Å². The van der Waals surface area contributed by atoms with E-state index in [1.807, 2.05) is 50.2 Å². The second-order valence-electron chi connectivity index (χ2n) is 9.48. The maximum Gasteiger partial charge on any atom is 0.244 e. The summed E-state index contributed by atoms with van der Waals surface area (Å²) in [5.74, 6) is -0.600. The first kappa shape index (κ1) is 26.7. The van der Waals surface area contributed by atoms with Crippen LogP contribution in [0.25, 0.3) is 0 Å². The van der Waals surface area contributed by atoms with Crippen molar-refractivity contribution in [3.8, 4) is 0 Å². The summed E-state index contributed by atoms with van der Waals surface area (Å²) in [6.45, 7) is 5.42. The first-order chi connectivity index (χ1) is 16.6. The second-order valence-corrected chi connectivity index (χ2v) is 11.4. The molecule has 2 aromatic carbocycles. The van der Waals surface area contributed by atoms with E-state index in [0.717, 1.165) is 52.9 Å². The van der Waals surface area contributed by atoms with Crippen LogP contribution in [0, 0.1) is 13.8 Å². The number of benzene rings is 2. The Balaban J connectivity index is 1.85. The van der Waals surface area contributed by atoms with E-state index in [1.54, 1.807) is 19.1 Å². The Hall–Kier alpha value is -2.87. The number of nitrogens with one attached hydrogen (secondary N) is 1. The van der Waals surface area contributed by atoms with E-state index >= 15 is 0 Å². The molecule has 2 aromatic rings. The van der Waals surface area contributed by atoms with Gasteiger partial charge in [-0.3, -0.25) is 13.9 Å². The van der Waals surface area contributed by atoms with Crippen LogP contribution in [0.3, 0.4) is 0 Å². The standard InChI is InChI=1S/C27H37N3O4S/c1-20-11-10-16-25(21(20)2)30(35(4,33)34)19-26(31)29(18-17-23-12-6-5-7-13-23)22(3)27(32)28-24-14-8-9-15-24/h5-7,10-13,16,22,24H,8-9,14-15,17-19H2,1-4H3,(H,28,32). The van der Waals surface area contributed by atoms with Crippen LogP contribution in [0.15, 0.2) is 48.5 Å². The number of carbonyl (C=O) groups excluding carboxylic acids is 2. The highest BCUT2D eigenvalue weighted by Crippen LogP contribution is 2.25. The molecule has 3 rings (SSSR count). The van der Waals surface area contributed by atoms with Gasteiger partial charge in [-0.15, -0.1) is 0 Å². The lowest BCUT2D eigenvalue weighted by atomic mass is 10.1. The number of hydrogen-bond acceptors (Lipinski definition) is 4. The lowest BCUT2D eigenvalue weighted by Gasteiger charge is -2.32. The molecule has 0 spiro atoms. The summed E-state index contributed by atoms with van der Waals surface area (Å²) in [6.07, 6.45) is 5.75. The number of carbonyl (C=O) groups is 2. The maximum atomic E-state index is 13.6. The van der Waals surface area contributed by atoms with E-state index in [9.17, 15) is 18.0 Å². The lowest BCUT2D eigenvalue weighted by molar-refractivity contribution is -0.139. The molecular weight excluding hydrogens is 462 g/mol. The van der Waals surface area contributed by atoms with Crippen LogP contribution in [0.5, 0.6) is 0 Å². The van der Waals surface area contributed by atoms with E-state index in [2.05, 4.69) is 5.32 Å². The molecule has 1 saturated carbocycles. The molecule has 2 amide bonds. The minimum absolute atomic E-state index is 0.137. The Morgan fingerprint density at radius 2 is 1.69 bits per heavy atom. The van der Waals surface area contributed by atoms with Crippen LogP contribution in [0.1, 0.15) is 49.3 Å². The van der Waals surface area contributed by atoms with Crippen molar-refractivity contribution in [2.75, 3.05) is 23.7 Å². The second kappa shape index (κ2) is 11.7. The highest BCUT2D eigenvalue weighted by atomic mass is 32.2. The van der Waals surface area contributed by atoms with Gasteiger partial charge in [0.2, 0.25) is 21.8 Å². The predicted octanol–water partition coefficient (Wildman–Crippen LogP) is 3.59. The van der Waals surface area contributed by atoms with Crippen molar-refractivity contribution in [3.05, 3.63) is 65.2 Å². The minimum Gasteiger partial charge on any atom is -0.352 e. The zero-order valence-corrected chi connectivity index (χ0v) is 22.0. The van der Waals surface area contributed by atoms with Crippen LogP contribution in [0.2, 0.25) is 0 Å². The zero-order chi connectivity index (χ0) is 25.6. The summed E-state index contributed by atoms with van der Waals surface area (Å²) < 4.78 is 26.6. The molecule has 8 heteroatoms. The molecule has 7 nitrogen and oxygen atoms in total. The number of amides is 2. The molecule has 1 aliphatic carbocycles. The third-order valence-electron chi connectivity index (χ3n) is 6.88. The average Bonchev–Trinajstić information content (AvgIpc) is 3.32. The first-order valence-electron chi connectivity index (χ1n) is 12.3. The maximum absolute atomic E-state index is 13.6. The topological polar surface area (TPSA) is 86.8 Å². The van der Waals surface area contributed by atoms with E-state index in [0.29, 0.717) is 18.7 Å². The predicted molar refractivity (Wildman–Crippen MR) is 140 cm³/mol. The Morgan fingerprint density at radius 1 is 1.03 bits per heavy atom. The lowest BCUT2D eigenvalue weighted by Crippen LogP contribution is -2.53. The van der Waals surface area contributed by atoms with Gasteiger partial charge in [-0.05, 0) is 62.8 Å².